The number of amides is 1. The Bertz CT molecular complexity index is 854. The lowest BCUT2D eigenvalue weighted by Crippen LogP contribution is -2.52. The second-order valence-corrected chi connectivity index (χ2v) is 6.91. The Morgan fingerprint density at radius 1 is 1.00 bits per heavy atom. The molecule has 2 aromatic rings. The van der Waals surface area contributed by atoms with Gasteiger partial charge in [0.1, 0.15) is 5.54 Å². The number of carbonyl (C=O) groups excluding carboxylic acids is 2. The standard InChI is InChI=1S/C21H21NO4/c1-14-16(9-10-17-18(14)26-13-25-17)20(24)22-21(11-5-6-12-21)19(23)15-7-3-2-4-8-15/h2-4,7-10H,5-6,11-13H2,1H3,(H,22,24). The molecule has 1 aliphatic heterocycles. The van der Waals surface area contributed by atoms with E-state index in [-0.39, 0.29) is 18.5 Å². The summed E-state index contributed by atoms with van der Waals surface area (Å²) >= 11 is 0. The Kier molecular flexibility index (Phi) is 4.15. The maximum absolute atomic E-state index is 13.1. The summed E-state index contributed by atoms with van der Waals surface area (Å²) in [5.74, 6) is 0.997. The zero-order valence-electron chi connectivity index (χ0n) is 14.7. The van der Waals surface area contributed by atoms with Gasteiger partial charge in [-0.1, -0.05) is 43.2 Å². The average molecular weight is 351 g/mol. The number of benzene rings is 2. The molecule has 1 aliphatic carbocycles. The number of fused-ring (bicyclic) bond motifs is 1. The van der Waals surface area contributed by atoms with Crippen LogP contribution in [-0.2, 0) is 0 Å². The van der Waals surface area contributed by atoms with Gasteiger partial charge in [0.15, 0.2) is 17.3 Å². The maximum atomic E-state index is 13.1. The molecule has 0 saturated heterocycles. The molecule has 0 aromatic heterocycles. The van der Waals surface area contributed by atoms with Crippen LogP contribution in [0.5, 0.6) is 11.5 Å². The number of Topliss-reactive ketones (excluding diaryl/α,β-unsaturated/α-hetero) is 1. The van der Waals surface area contributed by atoms with Crippen molar-refractivity contribution in [2.24, 2.45) is 0 Å². The molecule has 0 radical (unpaired) electrons. The Hall–Kier alpha value is -2.82. The Balaban J connectivity index is 1.63. The predicted molar refractivity (Wildman–Crippen MR) is 96.7 cm³/mol. The second kappa shape index (κ2) is 6.48. The summed E-state index contributed by atoms with van der Waals surface area (Å²) < 4.78 is 10.8. The summed E-state index contributed by atoms with van der Waals surface area (Å²) in [4.78, 5) is 26.2. The van der Waals surface area contributed by atoms with Gasteiger partial charge >= 0.3 is 0 Å². The van der Waals surface area contributed by atoms with Crippen molar-refractivity contribution < 1.29 is 19.1 Å². The summed E-state index contributed by atoms with van der Waals surface area (Å²) in [6.45, 7) is 2.00. The molecule has 1 fully saturated rings. The van der Waals surface area contributed by atoms with E-state index in [4.69, 9.17) is 9.47 Å². The van der Waals surface area contributed by atoms with Crippen LogP contribution in [-0.4, -0.2) is 24.0 Å². The lowest BCUT2D eigenvalue weighted by Gasteiger charge is -2.29. The van der Waals surface area contributed by atoms with Crippen LogP contribution >= 0.6 is 0 Å². The Morgan fingerprint density at radius 2 is 1.73 bits per heavy atom. The first-order chi connectivity index (χ1) is 12.6. The van der Waals surface area contributed by atoms with E-state index in [2.05, 4.69) is 5.32 Å². The highest BCUT2D eigenvalue weighted by Gasteiger charge is 2.43. The van der Waals surface area contributed by atoms with E-state index in [0.717, 1.165) is 18.4 Å². The van der Waals surface area contributed by atoms with Crippen molar-refractivity contribution in [2.75, 3.05) is 6.79 Å². The highest BCUT2D eigenvalue weighted by molar-refractivity contribution is 6.07. The predicted octanol–water partition coefficient (Wildman–Crippen LogP) is 3.65. The molecule has 2 aromatic carbocycles. The van der Waals surface area contributed by atoms with E-state index in [1.54, 1.807) is 24.3 Å². The fourth-order valence-corrected chi connectivity index (χ4v) is 3.90. The van der Waals surface area contributed by atoms with Gasteiger partial charge < -0.3 is 14.8 Å². The molecule has 1 saturated carbocycles. The first-order valence-electron chi connectivity index (χ1n) is 8.92. The molecule has 0 unspecified atom stereocenters. The lowest BCUT2D eigenvalue weighted by molar-refractivity contribution is 0.0769. The number of hydrogen-bond acceptors (Lipinski definition) is 4. The molecule has 0 atom stereocenters. The minimum absolute atomic E-state index is 0.0117. The van der Waals surface area contributed by atoms with E-state index in [1.807, 2.05) is 25.1 Å². The van der Waals surface area contributed by atoms with Gasteiger partial charge in [-0.2, -0.15) is 0 Å². The quantitative estimate of drug-likeness (QED) is 0.854. The zero-order chi connectivity index (χ0) is 18.1. The summed E-state index contributed by atoms with van der Waals surface area (Å²) in [5.41, 5.74) is 1.05. The van der Waals surface area contributed by atoms with Gasteiger partial charge in [-0.05, 0) is 31.9 Å². The highest BCUT2D eigenvalue weighted by Crippen LogP contribution is 2.38. The fourth-order valence-electron chi connectivity index (χ4n) is 3.90. The van der Waals surface area contributed by atoms with E-state index >= 15 is 0 Å². The number of ketones is 1. The van der Waals surface area contributed by atoms with Crippen LogP contribution in [0.15, 0.2) is 42.5 Å². The van der Waals surface area contributed by atoms with Gasteiger partial charge in [-0.15, -0.1) is 0 Å². The normalized spacial score (nSPS) is 17.1. The van der Waals surface area contributed by atoms with E-state index in [9.17, 15) is 9.59 Å². The lowest BCUT2D eigenvalue weighted by atomic mass is 9.87. The molecule has 1 amide bonds. The van der Waals surface area contributed by atoms with Crippen molar-refractivity contribution >= 4 is 11.7 Å². The number of carbonyl (C=O) groups is 2. The minimum Gasteiger partial charge on any atom is -0.454 e. The molecule has 26 heavy (non-hydrogen) atoms. The average Bonchev–Trinajstić information content (AvgIpc) is 3.32. The Morgan fingerprint density at radius 3 is 2.46 bits per heavy atom. The van der Waals surface area contributed by atoms with Crippen molar-refractivity contribution in [3.05, 3.63) is 59.2 Å². The maximum Gasteiger partial charge on any atom is 0.252 e. The fraction of sp³-hybridized carbons (Fsp3) is 0.333. The summed E-state index contributed by atoms with van der Waals surface area (Å²) in [5, 5.41) is 3.05. The molecular weight excluding hydrogens is 330 g/mol. The van der Waals surface area contributed by atoms with Gasteiger partial charge in [0.05, 0.1) is 0 Å². The molecule has 0 bridgehead atoms. The number of rotatable bonds is 4. The van der Waals surface area contributed by atoms with Gasteiger partial charge in [-0.25, -0.2) is 0 Å². The van der Waals surface area contributed by atoms with Crippen molar-refractivity contribution in [1.82, 2.24) is 5.32 Å². The van der Waals surface area contributed by atoms with Crippen LogP contribution < -0.4 is 14.8 Å². The minimum atomic E-state index is -0.832. The third kappa shape index (κ3) is 2.73. The number of nitrogens with one attached hydrogen (secondary N) is 1. The Labute approximate surface area is 152 Å². The third-order valence-corrected chi connectivity index (χ3v) is 5.31. The molecule has 1 N–H and O–H groups in total. The van der Waals surface area contributed by atoms with Crippen LogP contribution in [0.4, 0.5) is 0 Å². The molecule has 4 rings (SSSR count). The molecule has 0 spiro atoms. The molecular formula is C21H21NO4. The van der Waals surface area contributed by atoms with Crippen molar-refractivity contribution in [2.45, 2.75) is 38.1 Å². The van der Waals surface area contributed by atoms with Crippen LogP contribution in [0.2, 0.25) is 0 Å². The van der Waals surface area contributed by atoms with E-state index in [1.165, 1.54) is 0 Å². The first-order valence-corrected chi connectivity index (χ1v) is 8.92. The number of ether oxygens (including phenoxy) is 2. The summed E-state index contributed by atoms with van der Waals surface area (Å²) in [7, 11) is 0. The molecule has 134 valence electrons. The second-order valence-electron chi connectivity index (χ2n) is 6.91. The highest BCUT2D eigenvalue weighted by atomic mass is 16.7. The van der Waals surface area contributed by atoms with Crippen LogP contribution in [0.3, 0.4) is 0 Å². The summed E-state index contributed by atoms with van der Waals surface area (Å²) in [6.07, 6.45) is 3.18. The van der Waals surface area contributed by atoms with Gasteiger partial charge in [0, 0.05) is 16.7 Å². The summed E-state index contributed by atoms with van der Waals surface area (Å²) in [6, 6.07) is 12.7. The van der Waals surface area contributed by atoms with Gasteiger partial charge in [0.25, 0.3) is 5.91 Å². The van der Waals surface area contributed by atoms with Crippen molar-refractivity contribution in [3.63, 3.8) is 0 Å². The molecule has 2 aliphatic rings. The molecule has 1 heterocycles. The van der Waals surface area contributed by atoms with Gasteiger partial charge in [-0.3, -0.25) is 9.59 Å². The van der Waals surface area contributed by atoms with Gasteiger partial charge in [0.2, 0.25) is 6.79 Å². The molecule has 5 heteroatoms. The number of hydrogen-bond donors (Lipinski definition) is 1. The van der Waals surface area contributed by atoms with Crippen molar-refractivity contribution in [3.8, 4) is 11.5 Å². The molecule has 5 nitrogen and oxygen atoms in total. The smallest absolute Gasteiger partial charge is 0.252 e. The van der Waals surface area contributed by atoms with Crippen LogP contribution in [0.1, 0.15) is 52.0 Å². The monoisotopic (exact) mass is 351 g/mol. The topological polar surface area (TPSA) is 64.6 Å². The van der Waals surface area contributed by atoms with Crippen molar-refractivity contribution in [1.29, 1.82) is 0 Å². The third-order valence-electron chi connectivity index (χ3n) is 5.31. The van der Waals surface area contributed by atoms with Crippen LogP contribution in [0, 0.1) is 6.92 Å². The largest absolute Gasteiger partial charge is 0.454 e. The SMILES string of the molecule is Cc1c(C(=O)NC2(C(=O)c3ccccc3)CCCC2)ccc2c1OCO2. The van der Waals surface area contributed by atoms with E-state index in [0.29, 0.717) is 35.5 Å². The first kappa shape index (κ1) is 16.6. The van der Waals surface area contributed by atoms with E-state index < -0.39 is 5.54 Å². The zero-order valence-corrected chi connectivity index (χ0v) is 14.7. The van der Waals surface area contributed by atoms with Crippen LogP contribution in [0.25, 0.3) is 0 Å².